The Morgan fingerprint density at radius 2 is 1.88 bits per heavy atom. The highest BCUT2D eigenvalue weighted by Gasteiger charge is 2.19. The van der Waals surface area contributed by atoms with Crippen molar-refractivity contribution < 1.29 is 0 Å². The van der Waals surface area contributed by atoms with Gasteiger partial charge in [-0.15, -0.1) is 0 Å². The lowest BCUT2D eigenvalue weighted by Gasteiger charge is -2.25. The van der Waals surface area contributed by atoms with Crippen molar-refractivity contribution in [3.05, 3.63) is 41.5 Å². The van der Waals surface area contributed by atoms with Crippen LogP contribution < -0.4 is 0 Å². The normalized spacial score (nSPS) is 15.6. The van der Waals surface area contributed by atoms with Crippen molar-refractivity contribution in [3.63, 3.8) is 0 Å². The van der Waals surface area contributed by atoms with Gasteiger partial charge in [-0.05, 0) is 36.8 Å². The zero-order valence-electron chi connectivity index (χ0n) is 11.3. The van der Waals surface area contributed by atoms with Crippen molar-refractivity contribution in [1.29, 1.82) is 0 Å². The first kappa shape index (κ1) is 12.2. The molecule has 0 aliphatic carbocycles. The lowest BCUT2D eigenvalue weighted by molar-refractivity contribution is 0.493. The van der Waals surface area contributed by atoms with Gasteiger partial charge in [0.05, 0.1) is 0 Å². The number of likely N-dealkylation sites (tertiary alicyclic amines) is 1. The number of rotatable bonds is 3. The number of benzene rings is 1. The molecule has 1 aliphatic heterocycles. The van der Waals surface area contributed by atoms with Crippen LogP contribution in [0.5, 0.6) is 0 Å². The largest absolute Gasteiger partial charge is 0.372 e. The maximum Gasteiger partial charge on any atom is 0.0372 e. The lowest BCUT2D eigenvalue weighted by Crippen LogP contribution is -2.18. The molecule has 1 nitrogen and oxygen atoms in total. The van der Waals surface area contributed by atoms with E-state index in [4.69, 9.17) is 0 Å². The Kier molecular flexibility index (Phi) is 3.56. The molecule has 0 atom stereocenters. The zero-order valence-corrected chi connectivity index (χ0v) is 11.3. The Labute approximate surface area is 105 Å². The Hall–Kier alpha value is -1.24. The topological polar surface area (TPSA) is 3.24 Å². The van der Waals surface area contributed by atoms with Crippen LogP contribution >= 0.6 is 0 Å². The Morgan fingerprint density at radius 3 is 2.47 bits per heavy atom. The van der Waals surface area contributed by atoms with Gasteiger partial charge in [-0.2, -0.15) is 0 Å². The van der Waals surface area contributed by atoms with Crippen LogP contribution in [-0.4, -0.2) is 18.0 Å². The van der Waals surface area contributed by atoms with E-state index in [1.807, 2.05) is 0 Å². The summed E-state index contributed by atoms with van der Waals surface area (Å²) in [7, 11) is 0. The summed E-state index contributed by atoms with van der Waals surface area (Å²) in [6.45, 7) is 13.4. The smallest absolute Gasteiger partial charge is 0.0372 e. The summed E-state index contributed by atoms with van der Waals surface area (Å²) in [6, 6.07) is 6.60. The van der Waals surface area contributed by atoms with E-state index < -0.39 is 0 Å². The molecule has 1 fully saturated rings. The van der Waals surface area contributed by atoms with Gasteiger partial charge in [0.2, 0.25) is 0 Å². The molecule has 92 valence electrons. The SMILES string of the molecule is C=C(c1c(C)cccc1C(C)C)N1CCCC1. The maximum atomic E-state index is 4.34. The molecule has 0 radical (unpaired) electrons. The Balaban J connectivity index is 2.39. The minimum atomic E-state index is 0.559. The van der Waals surface area contributed by atoms with E-state index in [1.54, 1.807) is 0 Å². The van der Waals surface area contributed by atoms with E-state index in [2.05, 4.69) is 50.4 Å². The van der Waals surface area contributed by atoms with Crippen molar-refractivity contribution in [2.24, 2.45) is 0 Å². The molecular weight excluding hydrogens is 206 g/mol. The first-order valence-corrected chi connectivity index (χ1v) is 6.65. The summed E-state index contributed by atoms with van der Waals surface area (Å²) in [6.07, 6.45) is 2.61. The minimum absolute atomic E-state index is 0.559. The van der Waals surface area contributed by atoms with Crippen LogP contribution in [0, 0.1) is 6.92 Å². The second-order valence-electron chi connectivity index (χ2n) is 5.33. The van der Waals surface area contributed by atoms with Crippen molar-refractivity contribution in [2.75, 3.05) is 13.1 Å². The molecule has 0 aromatic heterocycles. The highest BCUT2D eigenvalue weighted by molar-refractivity contribution is 5.68. The standard InChI is InChI=1S/C16H23N/c1-12(2)15-9-7-8-13(3)16(15)14(4)17-10-5-6-11-17/h7-9,12H,4-6,10-11H2,1-3H3. The third-order valence-electron chi connectivity index (χ3n) is 3.70. The number of aryl methyl sites for hydroxylation is 1. The average molecular weight is 229 g/mol. The molecule has 2 rings (SSSR count). The molecule has 17 heavy (non-hydrogen) atoms. The minimum Gasteiger partial charge on any atom is -0.372 e. The molecule has 1 heteroatoms. The zero-order chi connectivity index (χ0) is 12.4. The highest BCUT2D eigenvalue weighted by Crippen LogP contribution is 2.31. The summed E-state index contributed by atoms with van der Waals surface area (Å²) in [4.78, 5) is 2.44. The van der Waals surface area contributed by atoms with E-state index in [-0.39, 0.29) is 0 Å². The van der Waals surface area contributed by atoms with E-state index >= 15 is 0 Å². The number of hydrogen-bond acceptors (Lipinski definition) is 1. The van der Waals surface area contributed by atoms with Gasteiger partial charge in [0.15, 0.2) is 0 Å². The molecule has 0 bridgehead atoms. The third-order valence-corrected chi connectivity index (χ3v) is 3.70. The lowest BCUT2D eigenvalue weighted by atomic mass is 9.92. The fraction of sp³-hybridized carbons (Fsp3) is 0.500. The van der Waals surface area contributed by atoms with Crippen LogP contribution in [-0.2, 0) is 0 Å². The molecule has 1 heterocycles. The van der Waals surface area contributed by atoms with E-state index in [0.29, 0.717) is 5.92 Å². The van der Waals surface area contributed by atoms with Gasteiger partial charge < -0.3 is 4.90 Å². The third kappa shape index (κ3) is 2.38. The van der Waals surface area contributed by atoms with Crippen LogP contribution in [0.15, 0.2) is 24.8 Å². The predicted octanol–water partition coefficient (Wildman–Crippen LogP) is 4.18. The number of nitrogens with zero attached hydrogens (tertiary/aromatic N) is 1. The van der Waals surface area contributed by atoms with Crippen molar-refractivity contribution in [1.82, 2.24) is 4.90 Å². The van der Waals surface area contributed by atoms with Gasteiger partial charge in [0, 0.05) is 24.4 Å². The van der Waals surface area contributed by atoms with Gasteiger partial charge in [-0.25, -0.2) is 0 Å². The van der Waals surface area contributed by atoms with Crippen LogP contribution in [0.25, 0.3) is 5.70 Å². The molecule has 0 unspecified atom stereocenters. The van der Waals surface area contributed by atoms with Crippen LogP contribution in [0.4, 0.5) is 0 Å². The van der Waals surface area contributed by atoms with Gasteiger partial charge in [-0.3, -0.25) is 0 Å². The molecule has 1 aromatic carbocycles. The van der Waals surface area contributed by atoms with E-state index in [0.717, 1.165) is 0 Å². The summed E-state index contributed by atoms with van der Waals surface area (Å²) in [5.41, 5.74) is 5.39. The fourth-order valence-electron chi connectivity index (χ4n) is 2.71. The summed E-state index contributed by atoms with van der Waals surface area (Å²) in [5.74, 6) is 0.559. The van der Waals surface area contributed by atoms with Gasteiger partial charge >= 0.3 is 0 Å². The van der Waals surface area contributed by atoms with Gasteiger partial charge in [0.25, 0.3) is 0 Å². The molecular formula is C16H23N. The summed E-state index contributed by atoms with van der Waals surface area (Å²) >= 11 is 0. The molecule has 1 aliphatic rings. The van der Waals surface area contributed by atoms with Crippen LogP contribution in [0.1, 0.15) is 49.3 Å². The summed E-state index contributed by atoms with van der Waals surface area (Å²) < 4.78 is 0. The van der Waals surface area contributed by atoms with Crippen molar-refractivity contribution in [3.8, 4) is 0 Å². The summed E-state index contributed by atoms with van der Waals surface area (Å²) in [5, 5.41) is 0. The second kappa shape index (κ2) is 4.95. The first-order valence-electron chi connectivity index (χ1n) is 6.65. The van der Waals surface area contributed by atoms with Crippen LogP contribution in [0.3, 0.4) is 0 Å². The average Bonchev–Trinajstić information content (AvgIpc) is 2.81. The molecule has 1 aromatic rings. The van der Waals surface area contributed by atoms with Crippen LogP contribution in [0.2, 0.25) is 0 Å². The van der Waals surface area contributed by atoms with E-state index in [1.165, 1.54) is 48.3 Å². The maximum absolute atomic E-state index is 4.34. The number of hydrogen-bond donors (Lipinski definition) is 0. The Bertz CT molecular complexity index is 412. The van der Waals surface area contributed by atoms with Crippen molar-refractivity contribution >= 4 is 5.70 Å². The van der Waals surface area contributed by atoms with Gasteiger partial charge in [-0.1, -0.05) is 38.6 Å². The molecule has 0 spiro atoms. The Morgan fingerprint density at radius 1 is 1.24 bits per heavy atom. The molecule has 0 saturated carbocycles. The predicted molar refractivity (Wildman–Crippen MR) is 75.1 cm³/mol. The quantitative estimate of drug-likeness (QED) is 0.751. The van der Waals surface area contributed by atoms with Gasteiger partial charge in [0.1, 0.15) is 0 Å². The molecule has 0 amide bonds. The molecule has 1 saturated heterocycles. The molecule has 0 N–H and O–H groups in total. The fourth-order valence-corrected chi connectivity index (χ4v) is 2.71. The van der Waals surface area contributed by atoms with E-state index in [9.17, 15) is 0 Å². The van der Waals surface area contributed by atoms with Crippen molar-refractivity contribution in [2.45, 2.75) is 39.5 Å². The highest BCUT2D eigenvalue weighted by atomic mass is 15.1. The monoisotopic (exact) mass is 229 g/mol. The first-order chi connectivity index (χ1) is 8.11. The second-order valence-corrected chi connectivity index (χ2v) is 5.33.